The van der Waals surface area contributed by atoms with E-state index >= 15 is 0 Å². The smallest absolute Gasteiger partial charge is 0.152 e. The van der Waals surface area contributed by atoms with E-state index in [0.29, 0.717) is 16.1 Å². The van der Waals surface area contributed by atoms with Crippen molar-refractivity contribution in [1.29, 1.82) is 0 Å². The first-order chi connectivity index (χ1) is 9.16. The first-order valence-corrected chi connectivity index (χ1v) is 6.80. The summed E-state index contributed by atoms with van der Waals surface area (Å²) in [6, 6.07) is 11.2. The number of benzene rings is 2. The monoisotopic (exact) mass is 275 g/mol. The van der Waals surface area contributed by atoms with Crippen molar-refractivity contribution in [2.45, 2.75) is 19.5 Å². The second kappa shape index (κ2) is 4.86. The lowest BCUT2D eigenvalue weighted by atomic mass is 9.98. The van der Waals surface area contributed by atoms with Gasteiger partial charge in [0.15, 0.2) is 6.17 Å². The second-order valence-corrected chi connectivity index (χ2v) is 5.34. The van der Waals surface area contributed by atoms with Gasteiger partial charge in [0.1, 0.15) is 0 Å². The van der Waals surface area contributed by atoms with E-state index in [1.807, 2.05) is 31.2 Å². The largest absolute Gasteiger partial charge is 0.384 e. The standard InChI is InChI=1S/C16H15ClFN/c1-10-5-6-12(9-14(10)17)15(18)13-4-2-3-11-7-8-19-16(11)13/h2-6,9,15,19H,7-8H2,1H3. The normalized spacial score (nSPS) is 14.9. The summed E-state index contributed by atoms with van der Waals surface area (Å²) >= 11 is 6.08. The van der Waals surface area contributed by atoms with Crippen molar-refractivity contribution < 1.29 is 4.39 Å². The van der Waals surface area contributed by atoms with Crippen molar-refractivity contribution in [1.82, 2.24) is 0 Å². The maximum absolute atomic E-state index is 14.7. The molecule has 0 saturated carbocycles. The summed E-state index contributed by atoms with van der Waals surface area (Å²) in [4.78, 5) is 0. The molecular weight excluding hydrogens is 261 g/mol. The van der Waals surface area contributed by atoms with Gasteiger partial charge in [0, 0.05) is 22.8 Å². The molecule has 2 aromatic rings. The van der Waals surface area contributed by atoms with Crippen LogP contribution in [0.25, 0.3) is 0 Å². The minimum atomic E-state index is -1.14. The average Bonchev–Trinajstić information content (AvgIpc) is 2.89. The zero-order valence-corrected chi connectivity index (χ0v) is 11.5. The Labute approximate surface area is 117 Å². The summed E-state index contributed by atoms with van der Waals surface area (Å²) in [6.07, 6.45) is -0.177. The Hall–Kier alpha value is -1.54. The number of rotatable bonds is 2. The highest BCUT2D eigenvalue weighted by Crippen LogP contribution is 2.37. The number of hydrogen-bond donors (Lipinski definition) is 1. The highest BCUT2D eigenvalue weighted by Gasteiger charge is 2.21. The molecule has 0 bridgehead atoms. The molecule has 0 fully saturated rings. The highest BCUT2D eigenvalue weighted by molar-refractivity contribution is 6.31. The fourth-order valence-electron chi connectivity index (χ4n) is 2.52. The van der Waals surface area contributed by atoms with Crippen LogP contribution in [0.5, 0.6) is 0 Å². The molecule has 1 nitrogen and oxygen atoms in total. The van der Waals surface area contributed by atoms with Crippen LogP contribution in [0.2, 0.25) is 5.02 Å². The molecule has 0 aliphatic carbocycles. The quantitative estimate of drug-likeness (QED) is 0.839. The lowest BCUT2D eigenvalue weighted by Crippen LogP contribution is -2.00. The molecule has 98 valence electrons. The van der Waals surface area contributed by atoms with Crippen LogP contribution in [0.4, 0.5) is 10.1 Å². The van der Waals surface area contributed by atoms with Gasteiger partial charge in [0.05, 0.1) is 0 Å². The van der Waals surface area contributed by atoms with Gasteiger partial charge in [-0.05, 0) is 36.1 Å². The molecule has 1 aliphatic heterocycles. The van der Waals surface area contributed by atoms with Crippen molar-refractivity contribution in [3.8, 4) is 0 Å². The number of nitrogens with one attached hydrogen (secondary N) is 1. The number of anilines is 1. The van der Waals surface area contributed by atoms with Crippen LogP contribution in [0, 0.1) is 6.92 Å². The predicted octanol–water partition coefficient (Wildman–Crippen LogP) is 4.68. The molecule has 0 radical (unpaired) electrons. The SMILES string of the molecule is Cc1ccc(C(F)c2cccc3c2NCC3)cc1Cl. The lowest BCUT2D eigenvalue weighted by Gasteiger charge is -2.14. The van der Waals surface area contributed by atoms with Crippen molar-refractivity contribution in [3.05, 3.63) is 63.7 Å². The van der Waals surface area contributed by atoms with Gasteiger partial charge < -0.3 is 5.32 Å². The van der Waals surface area contributed by atoms with Gasteiger partial charge in [0.2, 0.25) is 0 Å². The maximum atomic E-state index is 14.7. The third kappa shape index (κ3) is 2.21. The number of hydrogen-bond acceptors (Lipinski definition) is 1. The van der Waals surface area contributed by atoms with Gasteiger partial charge in [-0.25, -0.2) is 4.39 Å². The van der Waals surface area contributed by atoms with E-state index in [1.54, 1.807) is 12.1 Å². The Kier molecular flexibility index (Phi) is 3.19. The first-order valence-electron chi connectivity index (χ1n) is 6.42. The molecule has 19 heavy (non-hydrogen) atoms. The van der Waals surface area contributed by atoms with Crippen molar-refractivity contribution in [2.24, 2.45) is 0 Å². The third-order valence-corrected chi connectivity index (χ3v) is 4.05. The Morgan fingerprint density at radius 2 is 2.11 bits per heavy atom. The van der Waals surface area contributed by atoms with E-state index in [-0.39, 0.29) is 0 Å². The van der Waals surface area contributed by atoms with Crippen molar-refractivity contribution in [3.63, 3.8) is 0 Å². The molecular formula is C16H15ClFN. The molecule has 0 amide bonds. The maximum Gasteiger partial charge on any atom is 0.152 e. The molecule has 1 atom stereocenters. The van der Waals surface area contributed by atoms with Crippen LogP contribution in [0.3, 0.4) is 0 Å². The van der Waals surface area contributed by atoms with E-state index in [1.165, 1.54) is 5.56 Å². The number of aryl methyl sites for hydroxylation is 1. The number of para-hydroxylation sites is 1. The van der Waals surface area contributed by atoms with Crippen molar-refractivity contribution >= 4 is 17.3 Å². The summed E-state index contributed by atoms with van der Waals surface area (Å²) in [7, 11) is 0. The molecule has 0 saturated heterocycles. The van der Waals surface area contributed by atoms with Crippen LogP contribution < -0.4 is 5.32 Å². The summed E-state index contributed by atoms with van der Waals surface area (Å²) in [6.45, 7) is 2.80. The van der Waals surface area contributed by atoms with E-state index in [4.69, 9.17) is 11.6 Å². The van der Waals surface area contributed by atoms with Gasteiger partial charge in [-0.15, -0.1) is 0 Å². The molecule has 1 aliphatic rings. The zero-order chi connectivity index (χ0) is 13.4. The summed E-state index contributed by atoms with van der Waals surface area (Å²) in [5.74, 6) is 0. The molecule has 3 heteroatoms. The average molecular weight is 276 g/mol. The van der Waals surface area contributed by atoms with Gasteiger partial charge in [-0.1, -0.05) is 41.9 Å². The van der Waals surface area contributed by atoms with Crippen LogP contribution in [-0.4, -0.2) is 6.54 Å². The highest BCUT2D eigenvalue weighted by atomic mass is 35.5. The van der Waals surface area contributed by atoms with Crippen LogP contribution in [0.15, 0.2) is 36.4 Å². The Morgan fingerprint density at radius 1 is 1.26 bits per heavy atom. The molecule has 3 rings (SSSR count). The first kappa shape index (κ1) is 12.5. The summed E-state index contributed by atoms with van der Waals surface area (Å²) in [5.41, 5.74) is 4.42. The van der Waals surface area contributed by atoms with E-state index in [2.05, 4.69) is 5.32 Å². The Bertz CT molecular complexity index is 624. The van der Waals surface area contributed by atoms with Crippen LogP contribution >= 0.6 is 11.6 Å². The fraction of sp³-hybridized carbons (Fsp3) is 0.250. The van der Waals surface area contributed by atoms with Gasteiger partial charge in [-0.3, -0.25) is 0 Å². The second-order valence-electron chi connectivity index (χ2n) is 4.93. The minimum absolute atomic E-state index is 0.609. The van der Waals surface area contributed by atoms with Gasteiger partial charge in [-0.2, -0.15) is 0 Å². The summed E-state index contributed by atoms with van der Waals surface area (Å²) < 4.78 is 14.7. The molecule has 0 spiro atoms. The van der Waals surface area contributed by atoms with E-state index in [9.17, 15) is 4.39 Å². The van der Waals surface area contributed by atoms with Crippen LogP contribution in [0.1, 0.15) is 28.4 Å². The number of alkyl halides is 1. The summed E-state index contributed by atoms with van der Waals surface area (Å²) in [5, 5.41) is 3.88. The Balaban J connectivity index is 2.02. The van der Waals surface area contributed by atoms with Crippen LogP contribution in [-0.2, 0) is 6.42 Å². The minimum Gasteiger partial charge on any atom is -0.384 e. The predicted molar refractivity (Wildman–Crippen MR) is 77.8 cm³/mol. The molecule has 2 aromatic carbocycles. The lowest BCUT2D eigenvalue weighted by molar-refractivity contribution is 0.403. The van der Waals surface area contributed by atoms with E-state index in [0.717, 1.165) is 24.2 Å². The molecule has 1 heterocycles. The van der Waals surface area contributed by atoms with Crippen molar-refractivity contribution in [2.75, 3.05) is 11.9 Å². The zero-order valence-electron chi connectivity index (χ0n) is 10.7. The fourth-order valence-corrected chi connectivity index (χ4v) is 2.71. The Morgan fingerprint density at radius 3 is 2.89 bits per heavy atom. The molecule has 1 unspecified atom stereocenters. The van der Waals surface area contributed by atoms with Gasteiger partial charge >= 0.3 is 0 Å². The topological polar surface area (TPSA) is 12.0 Å². The number of fused-ring (bicyclic) bond motifs is 1. The molecule has 0 aromatic heterocycles. The van der Waals surface area contributed by atoms with E-state index < -0.39 is 6.17 Å². The van der Waals surface area contributed by atoms with Gasteiger partial charge in [0.25, 0.3) is 0 Å². The number of halogens is 2. The third-order valence-electron chi connectivity index (χ3n) is 3.64. The molecule has 1 N–H and O–H groups in total.